The summed E-state index contributed by atoms with van der Waals surface area (Å²) in [7, 11) is 1.78. The van der Waals surface area contributed by atoms with Gasteiger partial charge in [-0.2, -0.15) is 5.10 Å². The molecule has 0 unspecified atom stereocenters. The fraction of sp³-hybridized carbons (Fsp3) is 0.462. The Labute approximate surface area is 116 Å². The fourth-order valence-electron chi connectivity index (χ4n) is 1.95. The Bertz CT molecular complexity index is 634. The van der Waals surface area contributed by atoms with Crippen molar-refractivity contribution >= 4 is 28.6 Å². The molecule has 19 heavy (non-hydrogen) atoms. The third kappa shape index (κ3) is 2.42. The number of pyridine rings is 1. The molecule has 2 rings (SSSR count). The average Bonchev–Trinajstić information content (AvgIpc) is 2.68. The molecule has 0 amide bonds. The highest BCUT2D eigenvalue weighted by Gasteiger charge is 2.19. The Balaban J connectivity index is 2.64. The summed E-state index contributed by atoms with van der Waals surface area (Å²) in [6.45, 7) is 6.13. The van der Waals surface area contributed by atoms with Gasteiger partial charge in [-0.3, -0.25) is 4.68 Å². The Hall–Kier alpha value is -1.62. The van der Waals surface area contributed by atoms with Crippen molar-refractivity contribution in [3.8, 4) is 0 Å². The van der Waals surface area contributed by atoms with Crippen molar-refractivity contribution in [1.29, 1.82) is 0 Å². The summed E-state index contributed by atoms with van der Waals surface area (Å²) in [5.41, 5.74) is 1.68. The molecule has 102 valence electrons. The fourth-order valence-corrected chi connectivity index (χ4v) is 2.23. The van der Waals surface area contributed by atoms with Gasteiger partial charge in [0.2, 0.25) is 0 Å². The smallest absolute Gasteiger partial charge is 0.357 e. The van der Waals surface area contributed by atoms with Crippen LogP contribution in [0.1, 0.15) is 42.9 Å². The van der Waals surface area contributed by atoms with Crippen LogP contribution >= 0.6 is 11.6 Å². The van der Waals surface area contributed by atoms with Gasteiger partial charge in [0.05, 0.1) is 22.7 Å². The molecule has 2 aromatic rings. The van der Waals surface area contributed by atoms with Crippen molar-refractivity contribution in [2.75, 3.05) is 6.61 Å². The van der Waals surface area contributed by atoms with E-state index in [1.54, 1.807) is 18.7 Å². The van der Waals surface area contributed by atoms with Crippen molar-refractivity contribution in [2.24, 2.45) is 7.05 Å². The molecule has 6 heteroatoms. The zero-order valence-corrected chi connectivity index (χ0v) is 12.2. The maximum atomic E-state index is 11.7. The standard InChI is InChI=1S/C13H16ClN3O2/c1-5-19-13(18)9-6-8(14)10-11(7(2)3)16-17(4)12(10)15-9/h6-7H,5H2,1-4H3. The Morgan fingerprint density at radius 1 is 1.53 bits per heavy atom. The third-order valence-electron chi connectivity index (χ3n) is 2.80. The number of aryl methyl sites for hydroxylation is 1. The van der Waals surface area contributed by atoms with E-state index in [-0.39, 0.29) is 11.6 Å². The summed E-state index contributed by atoms with van der Waals surface area (Å²) in [6.07, 6.45) is 0. The van der Waals surface area contributed by atoms with Gasteiger partial charge in [-0.05, 0) is 18.9 Å². The molecule has 0 atom stereocenters. The molecule has 0 bridgehead atoms. The number of rotatable bonds is 3. The summed E-state index contributed by atoms with van der Waals surface area (Å²) in [5, 5.41) is 5.69. The first-order valence-corrected chi connectivity index (χ1v) is 6.53. The molecule has 0 aromatic carbocycles. The van der Waals surface area contributed by atoms with E-state index in [0.29, 0.717) is 17.3 Å². The number of carbonyl (C=O) groups excluding carboxylic acids is 1. The van der Waals surface area contributed by atoms with Crippen LogP contribution in [0.5, 0.6) is 0 Å². The van der Waals surface area contributed by atoms with Gasteiger partial charge in [0.25, 0.3) is 0 Å². The van der Waals surface area contributed by atoms with Crippen molar-refractivity contribution in [3.05, 3.63) is 22.5 Å². The van der Waals surface area contributed by atoms with E-state index >= 15 is 0 Å². The zero-order chi connectivity index (χ0) is 14.2. The molecule has 0 aliphatic heterocycles. The second kappa shape index (κ2) is 5.17. The van der Waals surface area contributed by atoms with E-state index in [4.69, 9.17) is 16.3 Å². The van der Waals surface area contributed by atoms with Gasteiger partial charge < -0.3 is 4.74 Å². The van der Waals surface area contributed by atoms with E-state index in [2.05, 4.69) is 10.1 Å². The normalized spacial score (nSPS) is 11.3. The number of esters is 1. The lowest BCUT2D eigenvalue weighted by Gasteiger charge is -2.04. The molecule has 0 fully saturated rings. The quantitative estimate of drug-likeness (QED) is 0.812. The van der Waals surface area contributed by atoms with Gasteiger partial charge in [-0.1, -0.05) is 25.4 Å². The van der Waals surface area contributed by atoms with Crippen LogP contribution < -0.4 is 0 Å². The number of hydrogen-bond donors (Lipinski definition) is 0. The minimum Gasteiger partial charge on any atom is -0.461 e. The van der Waals surface area contributed by atoms with Crippen LogP contribution in [0.2, 0.25) is 5.02 Å². The third-order valence-corrected chi connectivity index (χ3v) is 3.10. The number of halogens is 1. The topological polar surface area (TPSA) is 57.0 Å². The molecule has 2 aromatic heterocycles. The van der Waals surface area contributed by atoms with Crippen LogP contribution in [0.3, 0.4) is 0 Å². The maximum Gasteiger partial charge on any atom is 0.357 e. The molecule has 0 aliphatic rings. The molecule has 5 nitrogen and oxygen atoms in total. The molecule has 0 N–H and O–H groups in total. The van der Waals surface area contributed by atoms with E-state index in [1.165, 1.54) is 6.07 Å². The number of hydrogen-bond acceptors (Lipinski definition) is 4. The minimum absolute atomic E-state index is 0.206. The van der Waals surface area contributed by atoms with Gasteiger partial charge in [-0.25, -0.2) is 9.78 Å². The first-order valence-electron chi connectivity index (χ1n) is 6.16. The maximum absolute atomic E-state index is 11.7. The van der Waals surface area contributed by atoms with Gasteiger partial charge >= 0.3 is 5.97 Å². The largest absolute Gasteiger partial charge is 0.461 e. The average molecular weight is 282 g/mol. The summed E-state index contributed by atoms with van der Waals surface area (Å²) < 4.78 is 6.57. The first kappa shape index (κ1) is 13.8. The Morgan fingerprint density at radius 2 is 2.21 bits per heavy atom. The van der Waals surface area contributed by atoms with Gasteiger partial charge in [-0.15, -0.1) is 0 Å². The highest BCUT2D eigenvalue weighted by molar-refractivity contribution is 6.35. The summed E-state index contributed by atoms with van der Waals surface area (Å²) in [4.78, 5) is 16.0. The summed E-state index contributed by atoms with van der Waals surface area (Å²) in [5.74, 6) is -0.241. The second-order valence-corrected chi connectivity index (χ2v) is 4.98. The zero-order valence-electron chi connectivity index (χ0n) is 11.4. The van der Waals surface area contributed by atoms with E-state index in [9.17, 15) is 4.79 Å². The lowest BCUT2D eigenvalue weighted by Crippen LogP contribution is -2.08. The van der Waals surface area contributed by atoms with Crippen LogP contribution in [-0.4, -0.2) is 27.3 Å². The number of carbonyl (C=O) groups is 1. The van der Waals surface area contributed by atoms with Crippen molar-refractivity contribution in [1.82, 2.24) is 14.8 Å². The SMILES string of the molecule is CCOC(=O)c1cc(Cl)c2c(C(C)C)nn(C)c2n1. The predicted octanol–water partition coefficient (Wildman–Crippen LogP) is 2.92. The molecule has 0 radical (unpaired) electrons. The lowest BCUT2D eigenvalue weighted by molar-refractivity contribution is 0.0520. The van der Waals surface area contributed by atoms with E-state index < -0.39 is 5.97 Å². The van der Waals surface area contributed by atoms with Crippen molar-refractivity contribution in [3.63, 3.8) is 0 Å². The van der Waals surface area contributed by atoms with E-state index in [0.717, 1.165) is 11.1 Å². The predicted molar refractivity (Wildman–Crippen MR) is 73.6 cm³/mol. The number of fused-ring (bicyclic) bond motifs is 1. The van der Waals surface area contributed by atoms with Gasteiger partial charge in [0.1, 0.15) is 0 Å². The summed E-state index contributed by atoms with van der Waals surface area (Å²) >= 11 is 6.27. The number of nitrogens with zero attached hydrogens (tertiary/aromatic N) is 3. The molecular weight excluding hydrogens is 266 g/mol. The van der Waals surface area contributed by atoms with Gasteiger partial charge in [0, 0.05) is 7.05 Å². The molecular formula is C13H16ClN3O2. The molecule has 0 aliphatic carbocycles. The number of aromatic nitrogens is 3. The van der Waals surface area contributed by atoms with E-state index in [1.807, 2.05) is 13.8 Å². The molecule has 0 spiro atoms. The molecule has 2 heterocycles. The minimum atomic E-state index is -0.474. The van der Waals surface area contributed by atoms with Crippen LogP contribution in [0.4, 0.5) is 0 Å². The lowest BCUT2D eigenvalue weighted by atomic mass is 10.1. The number of ether oxygens (including phenoxy) is 1. The van der Waals surface area contributed by atoms with Crippen LogP contribution in [-0.2, 0) is 11.8 Å². The molecule has 0 saturated heterocycles. The van der Waals surface area contributed by atoms with Crippen molar-refractivity contribution < 1.29 is 9.53 Å². The summed E-state index contributed by atoms with van der Waals surface area (Å²) in [6, 6.07) is 1.54. The molecule has 0 saturated carbocycles. The Morgan fingerprint density at radius 3 is 2.79 bits per heavy atom. The van der Waals surface area contributed by atoms with Crippen LogP contribution in [0, 0.1) is 0 Å². The van der Waals surface area contributed by atoms with Crippen LogP contribution in [0.15, 0.2) is 6.07 Å². The highest BCUT2D eigenvalue weighted by Crippen LogP contribution is 2.30. The first-order chi connectivity index (χ1) is 8.95. The second-order valence-electron chi connectivity index (χ2n) is 4.57. The highest BCUT2D eigenvalue weighted by atomic mass is 35.5. The monoisotopic (exact) mass is 281 g/mol. The van der Waals surface area contributed by atoms with Crippen molar-refractivity contribution in [2.45, 2.75) is 26.7 Å². The Kier molecular flexibility index (Phi) is 3.75. The van der Waals surface area contributed by atoms with Crippen LogP contribution in [0.25, 0.3) is 11.0 Å². The van der Waals surface area contributed by atoms with Gasteiger partial charge in [0.15, 0.2) is 11.3 Å².